The number of nitrogens with two attached hydrogens (primary N) is 2. The Morgan fingerprint density at radius 3 is 2.81 bits per heavy atom. The predicted molar refractivity (Wildman–Crippen MR) is 81.5 cm³/mol. The van der Waals surface area contributed by atoms with Gasteiger partial charge in [0.1, 0.15) is 18.6 Å². The van der Waals surface area contributed by atoms with Gasteiger partial charge in [-0.25, -0.2) is 4.58 Å². The summed E-state index contributed by atoms with van der Waals surface area (Å²) in [5.74, 6) is 2.36. The average Bonchev–Trinajstić information content (AvgIpc) is 3.04. The minimum absolute atomic E-state index is 0.243. The van der Waals surface area contributed by atoms with Crippen molar-refractivity contribution in [1.82, 2.24) is 14.5 Å². The maximum Gasteiger partial charge on any atom is 0.338 e. The van der Waals surface area contributed by atoms with Gasteiger partial charge in [0.25, 0.3) is 0 Å². The number of aromatic nitrogens is 3. The van der Waals surface area contributed by atoms with Crippen LogP contribution in [0, 0.1) is 5.92 Å². The summed E-state index contributed by atoms with van der Waals surface area (Å²) >= 11 is 0. The molecule has 1 aliphatic heterocycles. The van der Waals surface area contributed by atoms with E-state index in [0.717, 1.165) is 30.3 Å². The Kier molecular flexibility index (Phi) is 2.54. The van der Waals surface area contributed by atoms with E-state index in [9.17, 15) is 0 Å². The van der Waals surface area contributed by atoms with Crippen molar-refractivity contribution >= 4 is 23.8 Å². The zero-order valence-corrected chi connectivity index (χ0v) is 12.1. The first kappa shape index (κ1) is 12.4. The van der Waals surface area contributed by atoms with E-state index in [-0.39, 0.29) is 5.95 Å². The second-order valence-corrected chi connectivity index (χ2v) is 6.08. The SMILES string of the molecule is Cn1cc2c(c1)C[N+](c1nc(N)nc(N)c1CC1CC1)=C2. The molecule has 4 N–H and O–H groups in total. The lowest BCUT2D eigenvalue weighted by molar-refractivity contribution is -0.452. The van der Waals surface area contributed by atoms with Crippen LogP contribution >= 0.6 is 0 Å². The molecule has 0 bridgehead atoms. The number of rotatable bonds is 3. The Morgan fingerprint density at radius 2 is 2.10 bits per heavy atom. The van der Waals surface area contributed by atoms with Gasteiger partial charge in [-0.2, -0.15) is 4.98 Å². The molecule has 0 spiro atoms. The van der Waals surface area contributed by atoms with Crippen LogP contribution in [-0.4, -0.2) is 25.3 Å². The van der Waals surface area contributed by atoms with E-state index < -0.39 is 0 Å². The summed E-state index contributed by atoms with van der Waals surface area (Å²) in [4.78, 5) is 8.59. The fourth-order valence-corrected chi connectivity index (χ4v) is 2.99. The van der Waals surface area contributed by atoms with E-state index in [1.165, 1.54) is 24.0 Å². The van der Waals surface area contributed by atoms with Gasteiger partial charge < -0.3 is 16.0 Å². The summed E-state index contributed by atoms with van der Waals surface area (Å²) in [6.45, 7) is 0.809. The average molecular weight is 283 g/mol. The van der Waals surface area contributed by atoms with E-state index in [4.69, 9.17) is 11.5 Å². The topological polar surface area (TPSA) is 85.8 Å². The number of nitrogen functional groups attached to an aromatic ring is 2. The summed E-state index contributed by atoms with van der Waals surface area (Å²) in [6.07, 6.45) is 9.86. The molecule has 0 amide bonds. The first-order chi connectivity index (χ1) is 10.1. The van der Waals surface area contributed by atoms with Gasteiger partial charge in [-0.05, 0) is 30.2 Å². The Morgan fingerprint density at radius 1 is 1.29 bits per heavy atom. The summed E-state index contributed by atoms with van der Waals surface area (Å²) in [5, 5.41) is 0. The fourth-order valence-electron chi connectivity index (χ4n) is 2.99. The van der Waals surface area contributed by atoms with E-state index in [1.54, 1.807) is 0 Å². The Labute approximate surface area is 123 Å². The molecule has 2 aliphatic rings. The molecule has 6 nitrogen and oxygen atoms in total. The predicted octanol–water partition coefficient (Wildman–Crippen LogP) is 1.21. The smallest absolute Gasteiger partial charge is 0.338 e. The maximum absolute atomic E-state index is 6.09. The second-order valence-electron chi connectivity index (χ2n) is 6.08. The van der Waals surface area contributed by atoms with Crippen molar-refractivity contribution in [2.75, 3.05) is 11.5 Å². The van der Waals surface area contributed by atoms with Gasteiger partial charge in [0.15, 0.2) is 0 Å². The Balaban J connectivity index is 1.77. The van der Waals surface area contributed by atoms with Crippen molar-refractivity contribution in [3.8, 4) is 0 Å². The summed E-state index contributed by atoms with van der Waals surface area (Å²) in [6, 6.07) is 0. The van der Waals surface area contributed by atoms with Crippen LogP contribution in [0.15, 0.2) is 12.4 Å². The molecule has 2 aromatic rings. The highest BCUT2D eigenvalue weighted by atomic mass is 15.2. The van der Waals surface area contributed by atoms with Crippen LogP contribution in [0.1, 0.15) is 29.5 Å². The molecule has 0 aromatic carbocycles. The van der Waals surface area contributed by atoms with E-state index in [2.05, 4.69) is 37.7 Å². The van der Waals surface area contributed by atoms with Gasteiger partial charge in [-0.3, -0.25) is 0 Å². The fraction of sp³-hybridized carbons (Fsp3) is 0.400. The van der Waals surface area contributed by atoms with Crippen LogP contribution in [0.4, 0.5) is 17.6 Å². The van der Waals surface area contributed by atoms with Crippen molar-refractivity contribution in [1.29, 1.82) is 0 Å². The zero-order valence-electron chi connectivity index (χ0n) is 12.1. The largest absolute Gasteiger partial charge is 0.383 e. The zero-order chi connectivity index (χ0) is 14.6. The van der Waals surface area contributed by atoms with Gasteiger partial charge in [0.2, 0.25) is 0 Å². The number of aryl methyl sites for hydroxylation is 1. The molecular formula is C15H19N6+. The summed E-state index contributed by atoms with van der Waals surface area (Å²) in [5.41, 5.74) is 15.5. The van der Waals surface area contributed by atoms with Crippen LogP contribution in [-0.2, 0) is 20.0 Å². The first-order valence-corrected chi connectivity index (χ1v) is 7.28. The maximum atomic E-state index is 6.09. The number of anilines is 2. The highest BCUT2D eigenvalue weighted by molar-refractivity contribution is 5.80. The monoisotopic (exact) mass is 283 g/mol. The highest BCUT2D eigenvalue weighted by Gasteiger charge is 2.31. The quantitative estimate of drug-likeness (QED) is 0.829. The molecule has 6 heteroatoms. The molecule has 0 atom stereocenters. The number of hydrogen-bond acceptors (Lipinski definition) is 4. The number of fused-ring (bicyclic) bond motifs is 1. The second kappa shape index (κ2) is 4.31. The van der Waals surface area contributed by atoms with Crippen LogP contribution in [0.3, 0.4) is 0 Å². The normalized spacial score (nSPS) is 16.9. The van der Waals surface area contributed by atoms with E-state index >= 15 is 0 Å². The van der Waals surface area contributed by atoms with Crippen molar-refractivity contribution in [3.05, 3.63) is 29.1 Å². The lowest BCUT2D eigenvalue weighted by atomic mass is 10.1. The van der Waals surface area contributed by atoms with Crippen LogP contribution in [0.5, 0.6) is 0 Å². The Hall–Kier alpha value is -2.37. The molecule has 4 rings (SSSR count). The standard InChI is InChI=1S/C15H19N6/c1-20-5-10-7-21(8-11(10)6-20)14-12(4-9-2-3-9)13(16)18-15(17)19-14/h5-7,9H,2-4,8H2,1H3,(H4,16,17,18,19)/q+1. The molecule has 2 aromatic heterocycles. The third kappa shape index (κ3) is 2.16. The lowest BCUT2D eigenvalue weighted by Crippen LogP contribution is -2.12. The number of hydrogen-bond donors (Lipinski definition) is 2. The Bertz CT molecular complexity index is 754. The third-order valence-corrected chi connectivity index (χ3v) is 4.20. The molecule has 3 heterocycles. The van der Waals surface area contributed by atoms with Crippen LogP contribution < -0.4 is 11.5 Å². The van der Waals surface area contributed by atoms with Crippen molar-refractivity contribution < 1.29 is 4.58 Å². The molecule has 1 aliphatic carbocycles. The van der Waals surface area contributed by atoms with Crippen LogP contribution in [0.2, 0.25) is 0 Å². The van der Waals surface area contributed by atoms with Gasteiger partial charge in [-0.1, -0.05) is 0 Å². The molecule has 0 radical (unpaired) electrons. The third-order valence-electron chi connectivity index (χ3n) is 4.20. The van der Waals surface area contributed by atoms with E-state index in [1.807, 2.05) is 7.05 Å². The molecule has 21 heavy (non-hydrogen) atoms. The van der Waals surface area contributed by atoms with Gasteiger partial charge in [0.05, 0.1) is 5.56 Å². The van der Waals surface area contributed by atoms with Gasteiger partial charge >= 0.3 is 11.8 Å². The highest BCUT2D eigenvalue weighted by Crippen LogP contribution is 2.37. The van der Waals surface area contributed by atoms with Crippen molar-refractivity contribution in [2.24, 2.45) is 13.0 Å². The summed E-state index contributed by atoms with van der Waals surface area (Å²) < 4.78 is 4.21. The summed E-state index contributed by atoms with van der Waals surface area (Å²) in [7, 11) is 2.04. The van der Waals surface area contributed by atoms with Gasteiger partial charge in [-0.15, -0.1) is 0 Å². The number of nitrogens with zero attached hydrogens (tertiary/aromatic N) is 4. The van der Waals surface area contributed by atoms with Crippen molar-refractivity contribution in [2.45, 2.75) is 25.8 Å². The lowest BCUT2D eigenvalue weighted by Gasteiger charge is -2.07. The van der Waals surface area contributed by atoms with Gasteiger partial charge in [0, 0.05) is 30.6 Å². The molecular weight excluding hydrogens is 264 g/mol. The van der Waals surface area contributed by atoms with Crippen molar-refractivity contribution in [3.63, 3.8) is 0 Å². The first-order valence-electron chi connectivity index (χ1n) is 7.28. The van der Waals surface area contributed by atoms with E-state index in [0.29, 0.717) is 5.82 Å². The molecule has 1 saturated carbocycles. The molecule has 108 valence electrons. The minimum Gasteiger partial charge on any atom is -0.383 e. The van der Waals surface area contributed by atoms with Crippen LogP contribution in [0.25, 0.3) is 0 Å². The molecule has 0 saturated heterocycles. The molecule has 1 fully saturated rings. The minimum atomic E-state index is 0.243. The molecule has 0 unspecified atom stereocenters.